The lowest BCUT2D eigenvalue weighted by Gasteiger charge is -2.35. The van der Waals surface area contributed by atoms with Crippen molar-refractivity contribution < 1.29 is 14.6 Å². The smallest absolute Gasteiger partial charge is 0.310 e. The second-order valence-corrected chi connectivity index (χ2v) is 4.95. The Hall–Kier alpha value is -0.610. The molecule has 4 heteroatoms. The average molecular weight is 215 g/mol. The number of carboxylic acids is 1. The predicted octanol–water partition coefficient (Wildman–Crippen LogP) is 1.21. The number of hydrogen-bond donors (Lipinski definition) is 1. The third kappa shape index (κ3) is 3.47. The standard InChI is InChI=1S/C11H21NO3/c1-11(2,10(13)14)8-12(3)9-4-6-15-7-5-9/h9H,4-8H2,1-3H3,(H,13,14). The molecule has 1 aliphatic heterocycles. The lowest BCUT2D eigenvalue weighted by Crippen LogP contribution is -2.44. The van der Waals surface area contributed by atoms with Gasteiger partial charge in [-0.25, -0.2) is 0 Å². The van der Waals surface area contributed by atoms with E-state index < -0.39 is 11.4 Å². The van der Waals surface area contributed by atoms with Crippen LogP contribution < -0.4 is 0 Å². The van der Waals surface area contributed by atoms with E-state index >= 15 is 0 Å². The molecule has 1 heterocycles. The van der Waals surface area contributed by atoms with E-state index in [9.17, 15) is 4.79 Å². The molecule has 1 saturated heterocycles. The first-order chi connectivity index (χ1) is 6.93. The van der Waals surface area contributed by atoms with Crippen molar-refractivity contribution in [3.8, 4) is 0 Å². The van der Waals surface area contributed by atoms with Crippen LogP contribution in [0.1, 0.15) is 26.7 Å². The quantitative estimate of drug-likeness (QED) is 0.765. The van der Waals surface area contributed by atoms with Gasteiger partial charge in [-0.1, -0.05) is 0 Å². The normalized spacial score (nSPS) is 19.5. The van der Waals surface area contributed by atoms with Gasteiger partial charge in [-0.3, -0.25) is 4.79 Å². The summed E-state index contributed by atoms with van der Waals surface area (Å²) in [6.45, 7) is 5.72. The lowest BCUT2D eigenvalue weighted by molar-refractivity contribution is -0.148. The molecule has 1 aliphatic rings. The van der Waals surface area contributed by atoms with Gasteiger partial charge in [0.2, 0.25) is 0 Å². The van der Waals surface area contributed by atoms with Crippen LogP contribution in [0, 0.1) is 5.41 Å². The Morgan fingerprint density at radius 1 is 1.47 bits per heavy atom. The van der Waals surface area contributed by atoms with Crippen LogP contribution in [0.4, 0.5) is 0 Å². The van der Waals surface area contributed by atoms with E-state index in [1.807, 2.05) is 7.05 Å². The van der Waals surface area contributed by atoms with E-state index in [0.717, 1.165) is 26.1 Å². The van der Waals surface area contributed by atoms with Gasteiger partial charge in [-0.2, -0.15) is 0 Å². The van der Waals surface area contributed by atoms with E-state index in [4.69, 9.17) is 9.84 Å². The molecule has 0 bridgehead atoms. The van der Waals surface area contributed by atoms with Crippen LogP contribution in [-0.4, -0.2) is 48.8 Å². The zero-order valence-electron chi connectivity index (χ0n) is 9.82. The molecule has 1 rings (SSSR count). The van der Waals surface area contributed by atoms with Gasteiger partial charge < -0.3 is 14.7 Å². The van der Waals surface area contributed by atoms with Crippen molar-refractivity contribution in [2.24, 2.45) is 5.41 Å². The van der Waals surface area contributed by atoms with Crippen molar-refractivity contribution in [2.45, 2.75) is 32.7 Å². The molecule has 0 amide bonds. The largest absolute Gasteiger partial charge is 0.481 e. The summed E-state index contributed by atoms with van der Waals surface area (Å²) < 4.78 is 5.28. The Balaban J connectivity index is 2.46. The molecule has 15 heavy (non-hydrogen) atoms. The van der Waals surface area contributed by atoms with Crippen molar-refractivity contribution in [1.82, 2.24) is 4.90 Å². The summed E-state index contributed by atoms with van der Waals surface area (Å²) >= 11 is 0. The molecule has 0 aliphatic carbocycles. The fraction of sp³-hybridized carbons (Fsp3) is 0.909. The summed E-state index contributed by atoms with van der Waals surface area (Å²) in [5.41, 5.74) is -0.674. The van der Waals surface area contributed by atoms with Crippen LogP contribution in [0.2, 0.25) is 0 Å². The van der Waals surface area contributed by atoms with E-state index in [2.05, 4.69) is 4.90 Å². The van der Waals surface area contributed by atoms with Crippen LogP contribution in [-0.2, 0) is 9.53 Å². The van der Waals surface area contributed by atoms with Crippen LogP contribution >= 0.6 is 0 Å². The van der Waals surface area contributed by atoms with Crippen molar-refractivity contribution >= 4 is 5.97 Å². The van der Waals surface area contributed by atoms with E-state index in [1.54, 1.807) is 13.8 Å². The number of nitrogens with zero attached hydrogens (tertiary/aromatic N) is 1. The van der Waals surface area contributed by atoms with Crippen molar-refractivity contribution in [3.63, 3.8) is 0 Å². The molecule has 0 aromatic rings. The van der Waals surface area contributed by atoms with Crippen LogP contribution in [0.5, 0.6) is 0 Å². The summed E-state index contributed by atoms with van der Waals surface area (Å²) in [7, 11) is 2.00. The molecular weight excluding hydrogens is 194 g/mol. The summed E-state index contributed by atoms with van der Waals surface area (Å²) in [4.78, 5) is 13.1. The van der Waals surface area contributed by atoms with Crippen molar-refractivity contribution in [3.05, 3.63) is 0 Å². The first-order valence-electron chi connectivity index (χ1n) is 5.45. The van der Waals surface area contributed by atoms with E-state index in [0.29, 0.717) is 12.6 Å². The van der Waals surface area contributed by atoms with E-state index in [-0.39, 0.29) is 0 Å². The summed E-state index contributed by atoms with van der Waals surface area (Å²) in [6, 6.07) is 0.470. The molecule has 0 radical (unpaired) electrons. The molecular formula is C11H21NO3. The second-order valence-electron chi connectivity index (χ2n) is 4.95. The molecule has 0 aromatic carbocycles. The summed E-state index contributed by atoms with van der Waals surface area (Å²) in [5, 5.41) is 9.04. The minimum atomic E-state index is -0.735. The SMILES string of the molecule is CN(CC(C)(C)C(=O)O)C1CCOCC1. The number of hydrogen-bond acceptors (Lipinski definition) is 3. The highest BCUT2D eigenvalue weighted by atomic mass is 16.5. The first-order valence-corrected chi connectivity index (χ1v) is 5.45. The third-order valence-corrected chi connectivity index (χ3v) is 3.04. The number of carboxylic acid groups (broad SMARTS) is 1. The zero-order chi connectivity index (χ0) is 11.5. The highest BCUT2D eigenvalue weighted by Crippen LogP contribution is 2.21. The average Bonchev–Trinajstić information content (AvgIpc) is 2.18. The lowest BCUT2D eigenvalue weighted by atomic mass is 9.92. The molecule has 0 saturated carbocycles. The molecule has 0 unspecified atom stereocenters. The van der Waals surface area contributed by atoms with Crippen molar-refractivity contribution in [1.29, 1.82) is 0 Å². The zero-order valence-corrected chi connectivity index (χ0v) is 9.82. The van der Waals surface area contributed by atoms with Gasteiger partial charge in [0.05, 0.1) is 5.41 Å². The maximum absolute atomic E-state index is 11.0. The maximum atomic E-state index is 11.0. The van der Waals surface area contributed by atoms with Crippen LogP contribution in [0.3, 0.4) is 0 Å². The Morgan fingerprint density at radius 3 is 2.47 bits per heavy atom. The molecule has 0 spiro atoms. The van der Waals surface area contributed by atoms with E-state index in [1.165, 1.54) is 0 Å². The molecule has 88 valence electrons. The monoisotopic (exact) mass is 215 g/mol. The Labute approximate surface area is 91.2 Å². The number of aliphatic carboxylic acids is 1. The second kappa shape index (κ2) is 4.94. The Morgan fingerprint density at radius 2 is 2.00 bits per heavy atom. The van der Waals surface area contributed by atoms with Crippen molar-refractivity contribution in [2.75, 3.05) is 26.8 Å². The molecule has 1 fully saturated rings. The number of rotatable bonds is 4. The summed E-state index contributed by atoms with van der Waals surface area (Å²) in [5.74, 6) is -0.735. The fourth-order valence-electron chi connectivity index (χ4n) is 1.95. The number of ether oxygens (including phenoxy) is 1. The molecule has 1 N–H and O–H groups in total. The molecule has 0 atom stereocenters. The number of carbonyl (C=O) groups is 1. The van der Waals surface area contributed by atoms with Crippen LogP contribution in [0.25, 0.3) is 0 Å². The maximum Gasteiger partial charge on any atom is 0.310 e. The topological polar surface area (TPSA) is 49.8 Å². The first kappa shape index (κ1) is 12.5. The predicted molar refractivity (Wildman–Crippen MR) is 57.9 cm³/mol. The van der Waals surface area contributed by atoms with Gasteiger partial charge in [-0.05, 0) is 33.7 Å². The summed E-state index contributed by atoms with van der Waals surface area (Å²) in [6.07, 6.45) is 2.01. The van der Waals surface area contributed by atoms with Gasteiger partial charge in [0, 0.05) is 25.8 Å². The Bertz CT molecular complexity index is 222. The Kier molecular flexibility index (Phi) is 4.11. The minimum absolute atomic E-state index is 0.470. The third-order valence-electron chi connectivity index (χ3n) is 3.04. The molecule has 4 nitrogen and oxygen atoms in total. The van der Waals surface area contributed by atoms with Gasteiger partial charge in [0.15, 0.2) is 0 Å². The van der Waals surface area contributed by atoms with Gasteiger partial charge in [-0.15, -0.1) is 0 Å². The highest BCUT2D eigenvalue weighted by molar-refractivity contribution is 5.73. The molecule has 0 aromatic heterocycles. The highest BCUT2D eigenvalue weighted by Gasteiger charge is 2.31. The van der Waals surface area contributed by atoms with Gasteiger partial charge >= 0.3 is 5.97 Å². The van der Waals surface area contributed by atoms with Gasteiger partial charge in [0.25, 0.3) is 0 Å². The minimum Gasteiger partial charge on any atom is -0.481 e. The fourth-order valence-corrected chi connectivity index (χ4v) is 1.95. The van der Waals surface area contributed by atoms with Crippen LogP contribution in [0.15, 0.2) is 0 Å². The van der Waals surface area contributed by atoms with Gasteiger partial charge in [0.1, 0.15) is 0 Å².